The fourth-order valence-corrected chi connectivity index (χ4v) is 3.37. The van der Waals surface area contributed by atoms with Crippen molar-refractivity contribution in [3.63, 3.8) is 0 Å². The standard InChI is InChI=1S/C16H14BrClFNO/c1-20-13-8-15(16-11(18)3-2-4-12(16)19)21-14-6-5-9(17)7-10(13)14/h2-7,13,15,20H,8H2,1H3. The lowest BCUT2D eigenvalue weighted by molar-refractivity contribution is 0.150. The first kappa shape index (κ1) is 14.8. The van der Waals surface area contributed by atoms with Crippen LogP contribution in [0, 0.1) is 5.82 Å². The molecule has 0 aromatic heterocycles. The van der Waals surface area contributed by atoms with Crippen LogP contribution >= 0.6 is 27.5 Å². The van der Waals surface area contributed by atoms with E-state index in [0.29, 0.717) is 17.0 Å². The Morgan fingerprint density at radius 1 is 1.33 bits per heavy atom. The Hall–Kier alpha value is -1.10. The quantitative estimate of drug-likeness (QED) is 0.801. The maximum Gasteiger partial charge on any atom is 0.131 e. The van der Waals surface area contributed by atoms with Crippen molar-refractivity contribution in [1.82, 2.24) is 5.32 Å². The Balaban J connectivity index is 2.03. The highest BCUT2D eigenvalue weighted by Gasteiger charge is 2.31. The summed E-state index contributed by atoms with van der Waals surface area (Å²) >= 11 is 9.62. The second-order valence-corrected chi connectivity index (χ2v) is 6.32. The van der Waals surface area contributed by atoms with E-state index in [-0.39, 0.29) is 11.9 Å². The number of rotatable bonds is 2. The van der Waals surface area contributed by atoms with Crippen LogP contribution in [-0.4, -0.2) is 7.05 Å². The summed E-state index contributed by atoms with van der Waals surface area (Å²) in [4.78, 5) is 0. The zero-order valence-corrected chi connectivity index (χ0v) is 13.7. The minimum Gasteiger partial charge on any atom is -0.485 e. The van der Waals surface area contributed by atoms with Gasteiger partial charge in [0.1, 0.15) is 17.7 Å². The van der Waals surface area contributed by atoms with Crippen molar-refractivity contribution in [3.8, 4) is 5.75 Å². The molecular weight excluding hydrogens is 357 g/mol. The van der Waals surface area contributed by atoms with Crippen molar-refractivity contribution in [3.05, 3.63) is 62.8 Å². The summed E-state index contributed by atoms with van der Waals surface area (Å²) in [5, 5.41) is 3.66. The van der Waals surface area contributed by atoms with Crippen molar-refractivity contribution in [1.29, 1.82) is 0 Å². The number of benzene rings is 2. The SMILES string of the molecule is CNC1CC(c2c(F)cccc2Cl)Oc2ccc(Br)cc21. The molecule has 1 aliphatic heterocycles. The van der Waals surface area contributed by atoms with Gasteiger partial charge in [0.05, 0.1) is 5.02 Å². The van der Waals surface area contributed by atoms with Gasteiger partial charge in [0.25, 0.3) is 0 Å². The van der Waals surface area contributed by atoms with Crippen LogP contribution in [0.1, 0.15) is 29.7 Å². The van der Waals surface area contributed by atoms with Gasteiger partial charge in [-0.15, -0.1) is 0 Å². The van der Waals surface area contributed by atoms with E-state index >= 15 is 0 Å². The van der Waals surface area contributed by atoms with Crippen LogP contribution in [0.5, 0.6) is 5.75 Å². The lowest BCUT2D eigenvalue weighted by atomic mass is 9.93. The number of hydrogen-bond acceptors (Lipinski definition) is 2. The third-order valence-electron chi connectivity index (χ3n) is 3.74. The molecule has 2 atom stereocenters. The molecule has 0 aliphatic carbocycles. The molecule has 0 saturated carbocycles. The van der Waals surface area contributed by atoms with E-state index in [0.717, 1.165) is 15.8 Å². The van der Waals surface area contributed by atoms with Crippen molar-refractivity contribution < 1.29 is 9.13 Å². The summed E-state index contributed by atoms with van der Waals surface area (Å²) in [6, 6.07) is 10.6. The van der Waals surface area contributed by atoms with Crippen molar-refractivity contribution in [2.45, 2.75) is 18.6 Å². The summed E-state index contributed by atoms with van der Waals surface area (Å²) in [6.45, 7) is 0. The lowest BCUT2D eigenvalue weighted by Crippen LogP contribution is -2.27. The second kappa shape index (κ2) is 5.95. The second-order valence-electron chi connectivity index (χ2n) is 5.00. The molecule has 2 aromatic rings. The molecule has 0 radical (unpaired) electrons. The predicted molar refractivity (Wildman–Crippen MR) is 85.3 cm³/mol. The average molecular weight is 371 g/mol. The van der Waals surface area contributed by atoms with Gasteiger partial charge in [-0.05, 0) is 37.4 Å². The van der Waals surface area contributed by atoms with Crippen LogP contribution in [0.3, 0.4) is 0 Å². The van der Waals surface area contributed by atoms with E-state index in [2.05, 4.69) is 21.2 Å². The first-order valence-corrected chi connectivity index (χ1v) is 7.84. The molecule has 0 spiro atoms. The first-order chi connectivity index (χ1) is 10.1. The molecule has 21 heavy (non-hydrogen) atoms. The maximum atomic E-state index is 14.1. The molecule has 0 amide bonds. The van der Waals surface area contributed by atoms with E-state index in [1.165, 1.54) is 6.07 Å². The Morgan fingerprint density at radius 2 is 2.14 bits per heavy atom. The van der Waals surface area contributed by atoms with Gasteiger partial charge in [-0.25, -0.2) is 4.39 Å². The summed E-state index contributed by atoms with van der Waals surface area (Å²) in [7, 11) is 1.89. The highest BCUT2D eigenvalue weighted by molar-refractivity contribution is 9.10. The van der Waals surface area contributed by atoms with Crippen molar-refractivity contribution >= 4 is 27.5 Å². The molecule has 3 rings (SSSR count). The molecule has 2 aromatic carbocycles. The average Bonchev–Trinajstić information content (AvgIpc) is 2.46. The Kier molecular flexibility index (Phi) is 4.20. The molecule has 110 valence electrons. The zero-order chi connectivity index (χ0) is 15.0. The largest absolute Gasteiger partial charge is 0.485 e. The lowest BCUT2D eigenvalue weighted by Gasteiger charge is -2.33. The van der Waals surface area contributed by atoms with Crippen LogP contribution in [-0.2, 0) is 0 Å². The van der Waals surface area contributed by atoms with Crippen LogP contribution < -0.4 is 10.1 Å². The topological polar surface area (TPSA) is 21.3 Å². The molecule has 0 saturated heterocycles. The van der Waals surface area contributed by atoms with E-state index in [9.17, 15) is 4.39 Å². The van der Waals surface area contributed by atoms with Crippen LogP contribution in [0.4, 0.5) is 4.39 Å². The number of nitrogens with one attached hydrogen (secondary N) is 1. The monoisotopic (exact) mass is 369 g/mol. The number of halogens is 3. The third-order valence-corrected chi connectivity index (χ3v) is 4.56. The van der Waals surface area contributed by atoms with E-state index in [1.54, 1.807) is 12.1 Å². The summed E-state index contributed by atoms with van der Waals surface area (Å²) in [6.07, 6.45) is 0.227. The Morgan fingerprint density at radius 3 is 2.86 bits per heavy atom. The van der Waals surface area contributed by atoms with Crippen LogP contribution in [0.15, 0.2) is 40.9 Å². The summed E-state index contributed by atoms with van der Waals surface area (Å²) in [5.41, 5.74) is 1.49. The number of hydrogen-bond donors (Lipinski definition) is 1. The van der Waals surface area contributed by atoms with Gasteiger partial charge in [0.15, 0.2) is 0 Å². The molecule has 1 heterocycles. The van der Waals surface area contributed by atoms with E-state index < -0.39 is 6.10 Å². The van der Waals surface area contributed by atoms with Gasteiger partial charge in [-0.3, -0.25) is 0 Å². The van der Waals surface area contributed by atoms with Crippen molar-refractivity contribution in [2.24, 2.45) is 0 Å². The van der Waals surface area contributed by atoms with Gasteiger partial charge >= 0.3 is 0 Å². The highest BCUT2D eigenvalue weighted by atomic mass is 79.9. The smallest absolute Gasteiger partial charge is 0.131 e. The fourth-order valence-electron chi connectivity index (χ4n) is 2.71. The third kappa shape index (κ3) is 2.80. The normalized spacial score (nSPS) is 20.8. The molecule has 2 nitrogen and oxygen atoms in total. The minimum atomic E-state index is -0.398. The fraction of sp³-hybridized carbons (Fsp3) is 0.250. The molecule has 2 unspecified atom stereocenters. The van der Waals surface area contributed by atoms with E-state index in [1.807, 2.05) is 25.2 Å². The Bertz CT molecular complexity index is 659. The molecular formula is C16H14BrClFNO. The molecule has 0 bridgehead atoms. The number of fused-ring (bicyclic) bond motifs is 1. The Labute approximate surface area is 136 Å². The maximum absolute atomic E-state index is 14.1. The van der Waals surface area contributed by atoms with Gasteiger partial charge in [0, 0.05) is 28.1 Å². The van der Waals surface area contributed by atoms with Crippen molar-refractivity contribution in [2.75, 3.05) is 7.05 Å². The molecule has 1 aliphatic rings. The molecule has 0 fully saturated rings. The number of ether oxygens (including phenoxy) is 1. The van der Waals surface area contributed by atoms with Gasteiger partial charge in [-0.2, -0.15) is 0 Å². The first-order valence-electron chi connectivity index (χ1n) is 6.67. The minimum absolute atomic E-state index is 0.0897. The highest BCUT2D eigenvalue weighted by Crippen LogP contribution is 2.43. The van der Waals surface area contributed by atoms with E-state index in [4.69, 9.17) is 16.3 Å². The van der Waals surface area contributed by atoms with Gasteiger partial charge in [0.2, 0.25) is 0 Å². The van der Waals surface area contributed by atoms with Crippen LogP contribution in [0.25, 0.3) is 0 Å². The summed E-state index contributed by atoms with van der Waals surface area (Å²) in [5.74, 6) is 0.427. The molecule has 5 heteroatoms. The van der Waals surface area contributed by atoms with Crippen LogP contribution in [0.2, 0.25) is 5.02 Å². The zero-order valence-electron chi connectivity index (χ0n) is 11.4. The van der Waals surface area contributed by atoms with Gasteiger partial charge in [-0.1, -0.05) is 33.6 Å². The predicted octanol–water partition coefficient (Wildman–Crippen LogP) is 5.03. The van der Waals surface area contributed by atoms with Gasteiger partial charge < -0.3 is 10.1 Å². The summed E-state index contributed by atoms with van der Waals surface area (Å²) < 4.78 is 21.1. The molecule has 1 N–H and O–H groups in total.